The highest BCUT2D eigenvalue weighted by Gasteiger charge is 2.39. The van der Waals surface area contributed by atoms with E-state index < -0.39 is 18.0 Å². The molecular formula is C20H23F3N4O4S. The first-order valence-electron chi connectivity index (χ1n) is 10.5. The van der Waals surface area contributed by atoms with Crippen LogP contribution < -0.4 is 5.32 Å². The third kappa shape index (κ3) is 5.12. The molecule has 32 heavy (non-hydrogen) atoms. The van der Waals surface area contributed by atoms with Crippen LogP contribution in [0.1, 0.15) is 47.7 Å². The van der Waals surface area contributed by atoms with Gasteiger partial charge in [-0.1, -0.05) is 24.4 Å². The van der Waals surface area contributed by atoms with Gasteiger partial charge in [-0.2, -0.15) is 18.2 Å². The Morgan fingerprint density at radius 3 is 2.72 bits per heavy atom. The molecule has 1 saturated carbocycles. The fourth-order valence-electron chi connectivity index (χ4n) is 4.01. The van der Waals surface area contributed by atoms with Gasteiger partial charge in [0.25, 0.3) is 5.91 Å². The molecule has 1 saturated heterocycles. The topological polar surface area (TPSA) is 97.6 Å². The molecule has 2 aromatic rings. The molecule has 3 heterocycles. The largest absolute Gasteiger partial charge is 0.471 e. The van der Waals surface area contributed by atoms with Crippen LogP contribution in [0.15, 0.2) is 16.7 Å². The van der Waals surface area contributed by atoms with Gasteiger partial charge in [0, 0.05) is 19.0 Å². The standard InChI is InChI=1S/C20H23F3N4O4S/c21-20(22,23)19-25-16(26-31-19)14-6-7-15(32-14)17(28)24-10-13-11-30-9-8-27(13)18(29)12-4-2-1-3-5-12/h6-7,12-13H,1-5,8-11H2,(H,24,28)/t13-/m1/s1. The van der Waals surface area contributed by atoms with E-state index in [1.165, 1.54) is 12.1 Å². The van der Waals surface area contributed by atoms with Gasteiger partial charge in [0.2, 0.25) is 11.7 Å². The first-order valence-corrected chi connectivity index (χ1v) is 11.3. The van der Waals surface area contributed by atoms with E-state index in [0.29, 0.717) is 24.6 Å². The molecule has 0 bridgehead atoms. The van der Waals surface area contributed by atoms with Crippen molar-refractivity contribution in [3.8, 4) is 10.7 Å². The molecule has 0 radical (unpaired) electrons. The van der Waals surface area contributed by atoms with E-state index in [-0.39, 0.29) is 35.1 Å². The summed E-state index contributed by atoms with van der Waals surface area (Å²) < 4.78 is 47.7. The highest BCUT2D eigenvalue weighted by Crippen LogP contribution is 2.32. The Labute approximate surface area is 186 Å². The Balaban J connectivity index is 1.36. The van der Waals surface area contributed by atoms with Crippen LogP contribution >= 0.6 is 11.3 Å². The van der Waals surface area contributed by atoms with Crippen molar-refractivity contribution in [2.24, 2.45) is 5.92 Å². The van der Waals surface area contributed by atoms with Crippen LogP contribution in [0.25, 0.3) is 10.7 Å². The second-order valence-electron chi connectivity index (χ2n) is 7.89. The highest BCUT2D eigenvalue weighted by molar-refractivity contribution is 7.17. The number of nitrogens with zero attached hydrogens (tertiary/aromatic N) is 3. The number of nitrogens with one attached hydrogen (secondary N) is 1. The summed E-state index contributed by atoms with van der Waals surface area (Å²) in [5.41, 5.74) is 0. The lowest BCUT2D eigenvalue weighted by atomic mass is 9.88. The second-order valence-corrected chi connectivity index (χ2v) is 8.97. The van der Waals surface area contributed by atoms with Gasteiger partial charge in [0.15, 0.2) is 0 Å². The van der Waals surface area contributed by atoms with Gasteiger partial charge in [-0.3, -0.25) is 9.59 Å². The summed E-state index contributed by atoms with van der Waals surface area (Å²) in [6, 6.07) is 2.70. The van der Waals surface area contributed by atoms with Gasteiger partial charge in [-0.25, -0.2) is 0 Å². The summed E-state index contributed by atoms with van der Waals surface area (Å²) >= 11 is 0.958. The number of amides is 2. The predicted molar refractivity (Wildman–Crippen MR) is 108 cm³/mol. The van der Waals surface area contributed by atoms with Crippen LogP contribution in [0.5, 0.6) is 0 Å². The monoisotopic (exact) mass is 472 g/mol. The minimum absolute atomic E-state index is 0.0384. The van der Waals surface area contributed by atoms with Gasteiger partial charge in [-0.05, 0) is 25.0 Å². The molecule has 1 N–H and O–H groups in total. The first kappa shape index (κ1) is 22.7. The zero-order valence-electron chi connectivity index (χ0n) is 17.2. The van der Waals surface area contributed by atoms with E-state index in [9.17, 15) is 22.8 Å². The summed E-state index contributed by atoms with van der Waals surface area (Å²) in [6.07, 6.45) is 0.364. The lowest BCUT2D eigenvalue weighted by Crippen LogP contribution is -2.55. The number of carbonyl (C=O) groups excluding carboxylic acids is 2. The van der Waals surface area contributed by atoms with Gasteiger partial charge < -0.3 is 19.5 Å². The average Bonchev–Trinajstić information content (AvgIpc) is 3.47. The van der Waals surface area contributed by atoms with E-state index in [1.54, 1.807) is 0 Å². The molecule has 1 aliphatic heterocycles. The van der Waals surface area contributed by atoms with Crippen molar-refractivity contribution in [3.63, 3.8) is 0 Å². The van der Waals surface area contributed by atoms with Gasteiger partial charge in [-0.15, -0.1) is 11.3 Å². The zero-order valence-corrected chi connectivity index (χ0v) is 18.0. The Kier molecular flexibility index (Phi) is 6.79. The molecule has 1 atom stereocenters. The molecule has 4 rings (SSSR count). The normalized spacial score (nSPS) is 20.3. The average molecular weight is 472 g/mol. The Hall–Kier alpha value is -2.47. The van der Waals surface area contributed by atoms with Crippen LogP contribution in [0.2, 0.25) is 0 Å². The van der Waals surface area contributed by atoms with E-state index in [4.69, 9.17) is 4.74 Å². The molecule has 2 fully saturated rings. The summed E-state index contributed by atoms with van der Waals surface area (Å²) in [6.45, 7) is 1.54. The Morgan fingerprint density at radius 2 is 2.00 bits per heavy atom. The number of aromatic nitrogens is 2. The van der Waals surface area contributed by atoms with Crippen LogP contribution in [0, 0.1) is 5.92 Å². The fraction of sp³-hybridized carbons (Fsp3) is 0.600. The summed E-state index contributed by atoms with van der Waals surface area (Å²) in [4.78, 5) is 31.3. The summed E-state index contributed by atoms with van der Waals surface area (Å²) in [7, 11) is 0. The third-order valence-electron chi connectivity index (χ3n) is 5.68. The fourth-order valence-corrected chi connectivity index (χ4v) is 4.86. The molecule has 0 aromatic carbocycles. The quantitative estimate of drug-likeness (QED) is 0.717. The van der Waals surface area contributed by atoms with Crippen molar-refractivity contribution in [2.75, 3.05) is 26.3 Å². The maximum Gasteiger partial charge on any atom is 0.471 e. The minimum Gasteiger partial charge on any atom is -0.377 e. The van der Waals surface area contributed by atoms with Gasteiger partial charge >= 0.3 is 12.1 Å². The third-order valence-corrected chi connectivity index (χ3v) is 6.76. The molecule has 0 unspecified atom stereocenters. The van der Waals surface area contributed by atoms with Crippen molar-refractivity contribution in [1.29, 1.82) is 0 Å². The van der Waals surface area contributed by atoms with E-state index in [1.807, 2.05) is 4.90 Å². The number of morpholine rings is 1. The zero-order chi connectivity index (χ0) is 22.7. The summed E-state index contributed by atoms with van der Waals surface area (Å²) in [5.74, 6) is -1.89. The van der Waals surface area contributed by atoms with Crippen molar-refractivity contribution in [1.82, 2.24) is 20.4 Å². The lowest BCUT2D eigenvalue weighted by Gasteiger charge is -2.38. The van der Waals surface area contributed by atoms with Gasteiger partial charge in [0.1, 0.15) is 0 Å². The number of halogens is 3. The van der Waals surface area contributed by atoms with Crippen molar-refractivity contribution < 1.29 is 32.0 Å². The number of carbonyl (C=O) groups is 2. The molecule has 8 nitrogen and oxygen atoms in total. The van der Waals surface area contributed by atoms with Crippen molar-refractivity contribution in [3.05, 3.63) is 22.9 Å². The number of rotatable bonds is 5. The Bertz CT molecular complexity index is 955. The molecule has 12 heteroatoms. The van der Waals surface area contributed by atoms with Crippen LogP contribution in [-0.4, -0.2) is 59.2 Å². The van der Waals surface area contributed by atoms with Crippen molar-refractivity contribution in [2.45, 2.75) is 44.3 Å². The Morgan fingerprint density at radius 1 is 1.22 bits per heavy atom. The van der Waals surface area contributed by atoms with Crippen LogP contribution in [0.4, 0.5) is 13.2 Å². The van der Waals surface area contributed by atoms with E-state index in [0.717, 1.165) is 43.4 Å². The number of hydrogen-bond donors (Lipinski definition) is 1. The highest BCUT2D eigenvalue weighted by atomic mass is 32.1. The molecule has 0 spiro atoms. The van der Waals surface area contributed by atoms with Gasteiger partial charge in [0.05, 0.1) is 29.0 Å². The van der Waals surface area contributed by atoms with Crippen LogP contribution in [0.3, 0.4) is 0 Å². The first-order chi connectivity index (χ1) is 15.3. The second kappa shape index (κ2) is 9.57. The number of ether oxygens (including phenoxy) is 1. The number of hydrogen-bond acceptors (Lipinski definition) is 7. The number of thiophene rings is 1. The maximum atomic E-state index is 13.0. The molecule has 2 aromatic heterocycles. The van der Waals surface area contributed by atoms with E-state index >= 15 is 0 Å². The molecular weight excluding hydrogens is 449 g/mol. The smallest absolute Gasteiger partial charge is 0.377 e. The SMILES string of the molecule is O=C(NC[C@@H]1COCCN1C(=O)C1CCCCC1)c1ccc(-c2noc(C(F)(F)F)n2)s1. The molecule has 1 aliphatic carbocycles. The van der Waals surface area contributed by atoms with E-state index in [2.05, 4.69) is 20.0 Å². The lowest BCUT2D eigenvalue weighted by molar-refractivity contribution is -0.159. The molecule has 174 valence electrons. The molecule has 2 aliphatic rings. The van der Waals surface area contributed by atoms with Crippen LogP contribution in [-0.2, 0) is 15.7 Å². The predicted octanol–water partition coefficient (Wildman–Crippen LogP) is 3.35. The molecule has 2 amide bonds. The number of alkyl halides is 3. The van der Waals surface area contributed by atoms with Crippen molar-refractivity contribution >= 4 is 23.2 Å². The minimum atomic E-state index is -4.73. The maximum absolute atomic E-state index is 13.0. The summed E-state index contributed by atoms with van der Waals surface area (Å²) in [5, 5.41) is 6.13.